The van der Waals surface area contributed by atoms with Crippen molar-refractivity contribution >= 4 is 0 Å². The quantitative estimate of drug-likeness (QED) is 0.909. The molecule has 0 aliphatic heterocycles. The second-order valence-corrected chi connectivity index (χ2v) is 5.70. The van der Waals surface area contributed by atoms with E-state index in [0.717, 1.165) is 24.6 Å². The van der Waals surface area contributed by atoms with Crippen LogP contribution in [0, 0.1) is 19.8 Å². The van der Waals surface area contributed by atoms with Gasteiger partial charge in [-0.2, -0.15) is 0 Å². The molecular weight excluding hydrogens is 254 g/mol. The smallest absolute Gasteiger partial charge is 0.216 e. The van der Waals surface area contributed by atoms with E-state index in [1.54, 1.807) is 6.26 Å². The molecule has 5 heteroatoms. The first kappa shape index (κ1) is 13.4. The van der Waals surface area contributed by atoms with Crippen molar-refractivity contribution in [2.24, 2.45) is 5.92 Å². The Morgan fingerprint density at radius 1 is 1.30 bits per heavy atom. The molecular formula is C15H21N3O2. The Bertz CT molecular complexity index is 561. The maximum absolute atomic E-state index is 5.46. The number of aromatic nitrogens is 2. The largest absolute Gasteiger partial charge is 0.468 e. The van der Waals surface area contributed by atoms with Crippen LogP contribution in [-0.4, -0.2) is 16.2 Å². The number of hydrogen-bond donors (Lipinski definition) is 1. The Balaban J connectivity index is 1.46. The summed E-state index contributed by atoms with van der Waals surface area (Å²) in [5, 5.41) is 11.5. The molecule has 0 bridgehead atoms. The molecule has 1 saturated carbocycles. The summed E-state index contributed by atoms with van der Waals surface area (Å²) >= 11 is 0. The van der Waals surface area contributed by atoms with E-state index in [4.69, 9.17) is 8.83 Å². The van der Waals surface area contributed by atoms with E-state index in [-0.39, 0.29) is 0 Å². The van der Waals surface area contributed by atoms with Crippen LogP contribution in [0.4, 0.5) is 0 Å². The number of aryl methyl sites for hydroxylation is 2. The lowest BCUT2D eigenvalue weighted by molar-refractivity contribution is 0.402. The predicted octanol–water partition coefficient (Wildman–Crippen LogP) is 2.78. The number of furan rings is 1. The van der Waals surface area contributed by atoms with E-state index in [9.17, 15) is 0 Å². The molecule has 1 aliphatic rings. The van der Waals surface area contributed by atoms with Crippen LogP contribution in [0.1, 0.15) is 42.4 Å². The Morgan fingerprint density at radius 2 is 2.20 bits per heavy atom. The lowest BCUT2D eigenvalue weighted by Gasteiger charge is -2.12. The van der Waals surface area contributed by atoms with E-state index < -0.39 is 0 Å². The van der Waals surface area contributed by atoms with Crippen LogP contribution in [0.5, 0.6) is 0 Å². The van der Waals surface area contributed by atoms with Crippen LogP contribution >= 0.6 is 0 Å². The highest BCUT2D eigenvalue weighted by Gasteiger charge is 2.26. The average molecular weight is 275 g/mol. The minimum Gasteiger partial charge on any atom is -0.468 e. The molecule has 0 aromatic carbocycles. The summed E-state index contributed by atoms with van der Waals surface area (Å²) in [6.45, 7) is 4.73. The van der Waals surface area contributed by atoms with Gasteiger partial charge in [0, 0.05) is 19.4 Å². The molecule has 2 heterocycles. The van der Waals surface area contributed by atoms with Gasteiger partial charge in [0.1, 0.15) is 5.76 Å². The second kappa shape index (κ2) is 5.79. The predicted molar refractivity (Wildman–Crippen MR) is 74.2 cm³/mol. The van der Waals surface area contributed by atoms with Gasteiger partial charge < -0.3 is 14.2 Å². The third-order valence-corrected chi connectivity index (χ3v) is 4.09. The van der Waals surface area contributed by atoms with Crippen molar-refractivity contribution < 1.29 is 8.83 Å². The highest BCUT2D eigenvalue weighted by atomic mass is 16.4. The Kier molecular flexibility index (Phi) is 3.87. The number of hydrogen-bond acceptors (Lipinski definition) is 5. The van der Waals surface area contributed by atoms with Gasteiger partial charge in [-0.25, -0.2) is 0 Å². The summed E-state index contributed by atoms with van der Waals surface area (Å²) < 4.78 is 10.9. The van der Waals surface area contributed by atoms with E-state index in [1.165, 1.54) is 24.8 Å². The van der Waals surface area contributed by atoms with Crippen molar-refractivity contribution in [2.45, 2.75) is 52.1 Å². The van der Waals surface area contributed by atoms with Crippen molar-refractivity contribution in [1.82, 2.24) is 15.5 Å². The molecule has 0 spiro atoms. The topological polar surface area (TPSA) is 64.1 Å². The van der Waals surface area contributed by atoms with E-state index >= 15 is 0 Å². The molecule has 0 amide bonds. The first-order valence-electron chi connectivity index (χ1n) is 7.26. The molecule has 1 aliphatic carbocycles. The fourth-order valence-corrected chi connectivity index (χ4v) is 2.93. The molecule has 1 fully saturated rings. The van der Waals surface area contributed by atoms with Crippen LogP contribution in [0.3, 0.4) is 0 Å². The maximum Gasteiger partial charge on any atom is 0.216 e. The average Bonchev–Trinajstić information content (AvgIpc) is 3.11. The van der Waals surface area contributed by atoms with Gasteiger partial charge in [-0.15, -0.1) is 10.2 Å². The van der Waals surface area contributed by atoms with Gasteiger partial charge in [-0.05, 0) is 43.7 Å². The molecule has 5 nitrogen and oxygen atoms in total. The number of nitrogens with zero attached hydrogens (tertiary/aromatic N) is 2. The van der Waals surface area contributed by atoms with Gasteiger partial charge in [-0.3, -0.25) is 0 Å². The standard InChI is InChI=1S/C15H21N3O2/c1-10-5-6-19-14(10)9-16-13-4-3-12(7-13)8-15-18-17-11(2)20-15/h5-6,12-13,16H,3-4,7-9H2,1-2H3/t12-,13+/m1/s1. The Morgan fingerprint density at radius 3 is 2.90 bits per heavy atom. The van der Waals surface area contributed by atoms with Gasteiger partial charge in [0.15, 0.2) is 0 Å². The Hall–Kier alpha value is -1.62. The van der Waals surface area contributed by atoms with Crippen LogP contribution in [0.2, 0.25) is 0 Å². The first-order valence-corrected chi connectivity index (χ1v) is 7.26. The normalized spacial score (nSPS) is 22.5. The van der Waals surface area contributed by atoms with E-state index in [2.05, 4.69) is 22.4 Å². The monoisotopic (exact) mass is 275 g/mol. The molecule has 20 heavy (non-hydrogen) atoms. The van der Waals surface area contributed by atoms with Gasteiger partial charge in [0.05, 0.1) is 12.8 Å². The van der Waals surface area contributed by atoms with Gasteiger partial charge in [0.2, 0.25) is 11.8 Å². The molecule has 2 aromatic heterocycles. The van der Waals surface area contributed by atoms with E-state index in [0.29, 0.717) is 17.9 Å². The number of nitrogens with one attached hydrogen (secondary N) is 1. The van der Waals surface area contributed by atoms with Crippen LogP contribution in [0.15, 0.2) is 21.2 Å². The summed E-state index contributed by atoms with van der Waals surface area (Å²) in [6.07, 6.45) is 6.25. The first-order chi connectivity index (χ1) is 9.70. The minimum atomic E-state index is 0.563. The van der Waals surface area contributed by atoms with Crippen molar-refractivity contribution in [3.05, 3.63) is 35.4 Å². The molecule has 3 rings (SSSR count). The van der Waals surface area contributed by atoms with Crippen LogP contribution in [0.25, 0.3) is 0 Å². The summed E-state index contributed by atoms with van der Waals surface area (Å²) in [4.78, 5) is 0. The zero-order valence-electron chi connectivity index (χ0n) is 12.1. The van der Waals surface area contributed by atoms with Crippen LogP contribution < -0.4 is 5.32 Å². The molecule has 108 valence electrons. The van der Waals surface area contributed by atoms with Crippen molar-refractivity contribution in [1.29, 1.82) is 0 Å². The SMILES string of the molecule is Cc1nnc(C[C@@H]2CC[C@H](NCc3occc3C)C2)o1. The minimum absolute atomic E-state index is 0.563. The van der Waals surface area contributed by atoms with Crippen molar-refractivity contribution in [2.75, 3.05) is 0 Å². The molecule has 2 aromatic rings. The fraction of sp³-hybridized carbons (Fsp3) is 0.600. The van der Waals surface area contributed by atoms with Gasteiger partial charge in [-0.1, -0.05) is 0 Å². The fourth-order valence-electron chi connectivity index (χ4n) is 2.93. The van der Waals surface area contributed by atoms with Crippen molar-refractivity contribution in [3.8, 4) is 0 Å². The molecule has 1 N–H and O–H groups in total. The summed E-state index contributed by atoms with van der Waals surface area (Å²) in [7, 11) is 0. The van der Waals surface area contributed by atoms with E-state index in [1.807, 2.05) is 13.0 Å². The number of rotatable bonds is 5. The third-order valence-electron chi connectivity index (χ3n) is 4.09. The highest BCUT2D eigenvalue weighted by molar-refractivity contribution is 5.14. The molecule has 2 atom stereocenters. The lowest BCUT2D eigenvalue weighted by atomic mass is 10.0. The zero-order valence-corrected chi connectivity index (χ0v) is 12.1. The lowest BCUT2D eigenvalue weighted by Crippen LogP contribution is -2.26. The van der Waals surface area contributed by atoms with Gasteiger partial charge in [0.25, 0.3) is 0 Å². The maximum atomic E-state index is 5.46. The summed E-state index contributed by atoms with van der Waals surface area (Å²) in [5.74, 6) is 3.11. The summed E-state index contributed by atoms with van der Waals surface area (Å²) in [5.41, 5.74) is 1.22. The highest BCUT2D eigenvalue weighted by Crippen LogP contribution is 2.28. The van der Waals surface area contributed by atoms with Crippen LogP contribution in [-0.2, 0) is 13.0 Å². The third kappa shape index (κ3) is 3.10. The second-order valence-electron chi connectivity index (χ2n) is 5.70. The molecule has 0 unspecified atom stereocenters. The Labute approximate surface area is 118 Å². The zero-order chi connectivity index (χ0) is 13.9. The van der Waals surface area contributed by atoms with Crippen molar-refractivity contribution in [3.63, 3.8) is 0 Å². The van der Waals surface area contributed by atoms with Gasteiger partial charge >= 0.3 is 0 Å². The molecule has 0 radical (unpaired) electrons. The summed E-state index contributed by atoms with van der Waals surface area (Å²) in [6, 6.07) is 2.57. The molecule has 0 saturated heterocycles.